The Morgan fingerprint density at radius 2 is 1.18 bits per heavy atom. The lowest BCUT2D eigenvalue weighted by molar-refractivity contribution is 0.123. The van der Waals surface area contributed by atoms with Crippen molar-refractivity contribution in [2.24, 2.45) is 0 Å². The molecule has 0 aliphatic carbocycles. The first kappa shape index (κ1) is 16.6. The summed E-state index contributed by atoms with van der Waals surface area (Å²) in [4.78, 5) is 0. The Morgan fingerprint density at radius 3 is 1.59 bits per heavy atom. The van der Waals surface area contributed by atoms with E-state index in [0.29, 0.717) is 10.5 Å². The first-order valence-electron chi connectivity index (χ1n) is 6.38. The summed E-state index contributed by atoms with van der Waals surface area (Å²) in [6.07, 6.45) is 0. The molecule has 7 heteroatoms. The van der Waals surface area contributed by atoms with Crippen molar-refractivity contribution in [3.05, 3.63) is 58.9 Å². The molecular weight excluding hydrogens is 319 g/mol. The maximum Gasteiger partial charge on any atom is 0.200 e. The van der Waals surface area contributed by atoms with Crippen LogP contribution in [0.2, 0.25) is 0 Å². The van der Waals surface area contributed by atoms with Crippen LogP contribution in [0.5, 0.6) is 0 Å². The summed E-state index contributed by atoms with van der Waals surface area (Å²) >= 11 is 0. The first-order chi connectivity index (χ1) is 10.2. The normalized spacial score (nSPS) is 12.0. The second-order valence-corrected chi connectivity index (χ2v) is 5.64. The minimum absolute atomic E-state index is 0.0966. The van der Waals surface area contributed by atoms with Crippen molar-refractivity contribution in [1.29, 1.82) is 0 Å². The zero-order chi connectivity index (χ0) is 16.7. The molecule has 0 bridgehead atoms. The zero-order valence-electron chi connectivity index (χ0n) is 12.1. The van der Waals surface area contributed by atoms with Gasteiger partial charge in [0.25, 0.3) is 0 Å². The van der Waals surface area contributed by atoms with Gasteiger partial charge in [-0.25, -0.2) is 22.0 Å². The van der Waals surface area contributed by atoms with Crippen LogP contribution in [0, 0.1) is 29.1 Å². The van der Waals surface area contributed by atoms with Gasteiger partial charge in [0.05, 0.1) is 11.2 Å². The molecule has 0 aromatic heterocycles. The van der Waals surface area contributed by atoms with Gasteiger partial charge >= 0.3 is 0 Å². The smallest absolute Gasteiger partial charge is 0.200 e. The van der Waals surface area contributed by atoms with Crippen LogP contribution in [-0.2, 0) is 10.0 Å². The van der Waals surface area contributed by atoms with Gasteiger partial charge in [0.2, 0.25) is 5.82 Å². The van der Waals surface area contributed by atoms with E-state index in [1.54, 1.807) is 0 Å². The summed E-state index contributed by atoms with van der Waals surface area (Å²) in [7, 11) is 0.489. The predicted molar refractivity (Wildman–Crippen MR) is 75.7 cm³/mol. The van der Waals surface area contributed by atoms with E-state index < -0.39 is 40.3 Å². The van der Waals surface area contributed by atoms with Crippen molar-refractivity contribution in [2.75, 3.05) is 0 Å². The molecule has 0 aliphatic heterocycles. The average molecular weight is 332 g/mol. The summed E-state index contributed by atoms with van der Waals surface area (Å²) < 4.78 is 72.4. The zero-order valence-corrected chi connectivity index (χ0v) is 14.1. The lowest BCUT2D eigenvalue weighted by Gasteiger charge is -2.24. The van der Waals surface area contributed by atoms with Gasteiger partial charge in [-0.15, -0.1) is 0 Å². The molecule has 0 heterocycles. The van der Waals surface area contributed by atoms with Crippen LogP contribution in [0.1, 0.15) is 19.4 Å². The number of hydrogen-bond acceptors (Lipinski definition) is 1. The monoisotopic (exact) mass is 332 g/mol. The summed E-state index contributed by atoms with van der Waals surface area (Å²) in [5.74, 6) is -9.77. The van der Waals surface area contributed by atoms with Crippen LogP contribution < -0.4 is 0 Å². The summed E-state index contributed by atoms with van der Waals surface area (Å²) in [6.45, 7) is 3.63. The molecule has 0 saturated heterocycles. The van der Waals surface area contributed by atoms with Gasteiger partial charge in [0.15, 0.2) is 23.3 Å². The second-order valence-electron chi connectivity index (χ2n) is 5.24. The fraction of sp³-hybridized carbons (Fsp3) is 0.200. The van der Waals surface area contributed by atoms with Crippen LogP contribution >= 0.6 is 0 Å². The van der Waals surface area contributed by atoms with Crippen molar-refractivity contribution in [1.82, 2.24) is 0 Å². The second kappa shape index (κ2) is 5.81. The molecule has 0 atom stereocenters. The predicted octanol–water partition coefficient (Wildman–Crippen LogP) is 3.58. The Morgan fingerprint density at radius 1 is 0.773 bits per heavy atom. The lowest BCUT2D eigenvalue weighted by Crippen LogP contribution is -2.19. The van der Waals surface area contributed by atoms with Crippen LogP contribution in [0.25, 0.3) is 11.1 Å². The molecule has 0 amide bonds. The molecule has 0 unspecified atom stereocenters. The summed E-state index contributed by atoms with van der Waals surface area (Å²) in [6, 6.07) is 5.67. The molecule has 118 valence electrons. The van der Waals surface area contributed by atoms with E-state index in [1.165, 1.54) is 24.3 Å². The molecule has 0 radical (unpaired) electrons. The highest BCUT2D eigenvalue weighted by Crippen LogP contribution is 2.33. The Labute approximate surface area is 127 Å². The molecule has 2 aromatic carbocycles. The number of halogens is 5. The van der Waals surface area contributed by atoms with E-state index in [4.69, 9.17) is 4.43 Å². The molecule has 1 nitrogen and oxygen atoms in total. The van der Waals surface area contributed by atoms with Crippen LogP contribution in [0.4, 0.5) is 22.0 Å². The first-order valence-corrected chi connectivity index (χ1v) is 7.20. The van der Waals surface area contributed by atoms with Gasteiger partial charge in [0, 0.05) is 0 Å². The Hall–Kier alpha value is -1.73. The third kappa shape index (κ3) is 2.66. The van der Waals surface area contributed by atoms with Crippen molar-refractivity contribution in [3.8, 4) is 11.1 Å². The Bertz CT molecular complexity index is 684. The highest BCUT2D eigenvalue weighted by atomic mass is 28.2. The Kier molecular flexibility index (Phi) is 4.39. The van der Waals surface area contributed by atoms with E-state index in [0.717, 1.165) is 5.56 Å². The molecule has 0 saturated carbocycles. The standard InChI is InChI=1S/C15H13F5OSi/c1-15(2,21-22)8-5-3-7(4-6-8)9-10(16)12(18)14(20)13(19)11(9)17/h3-6H,1-2,22H3. The molecule has 0 fully saturated rings. The molecule has 0 N–H and O–H groups in total. The molecule has 0 spiro atoms. The van der Waals surface area contributed by atoms with Crippen LogP contribution in [-0.4, -0.2) is 10.5 Å². The summed E-state index contributed by atoms with van der Waals surface area (Å²) in [5, 5.41) is 0. The van der Waals surface area contributed by atoms with Gasteiger partial charge in [-0.05, 0) is 25.0 Å². The maximum absolute atomic E-state index is 13.7. The SMILES string of the molecule is CC(C)(O[SiH3])c1ccc(-c2c(F)c(F)c(F)c(F)c2F)cc1. The van der Waals surface area contributed by atoms with Gasteiger partial charge in [-0.1, -0.05) is 24.3 Å². The largest absolute Gasteiger partial charge is 0.419 e. The summed E-state index contributed by atoms with van der Waals surface area (Å²) in [5.41, 5.74) is -0.885. The fourth-order valence-corrected chi connectivity index (χ4v) is 2.25. The molecule has 2 aromatic rings. The number of hydrogen-bond donors (Lipinski definition) is 0. The molecule has 22 heavy (non-hydrogen) atoms. The van der Waals surface area contributed by atoms with E-state index in [2.05, 4.69) is 0 Å². The van der Waals surface area contributed by atoms with Crippen molar-refractivity contribution in [3.63, 3.8) is 0 Å². The van der Waals surface area contributed by atoms with Crippen LogP contribution in [0.15, 0.2) is 24.3 Å². The molecule has 2 rings (SSSR count). The van der Waals surface area contributed by atoms with Gasteiger partial charge in [-0.2, -0.15) is 0 Å². The Balaban J connectivity index is 2.59. The highest BCUT2D eigenvalue weighted by molar-refractivity contribution is 5.98. The van der Waals surface area contributed by atoms with E-state index in [1.807, 2.05) is 13.8 Å². The van der Waals surface area contributed by atoms with Crippen LogP contribution in [0.3, 0.4) is 0 Å². The number of rotatable bonds is 3. The van der Waals surface area contributed by atoms with Crippen molar-refractivity contribution >= 4 is 10.5 Å². The third-order valence-corrected chi connectivity index (χ3v) is 4.61. The van der Waals surface area contributed by atoms with E-state index in [-0.39, 0.29) is 5.56 Å². The maximum atomic E-state index is 13.7. The highest BCUT2D eigenvalue weighted by Gasteiger charge is 2.27. The number of benzene rings is 2. The fourth-order valence-electron chi connectivity index (χ4n) is 2.01. The topological polar surface area (TPSA) is 9.23 Å². The quantitative estimate of drug-likeness (QED) is 0.361. The molecule has 0 aliphatic rings. The van der Waals surface area contributed by atoms with Gasteiger partial charge < -0.3 is 4.43 Å². The lowest BCUT2D eigenvalue weighted by atomic mass is 9.95. The minimum atomic E-state index is -2.17. The van der Waals surface area contributed by atoms with Gasteiger partial charge in [-0.3, -0.25) is 0 Å². The average Bonchev–Trinajstić information content (AvgIpc) is 2.52. The minimum Gasteiger partial charge on any atom is -0.419 e. The molecular formula is C15H13F5OSi. The van der Waals surface area contributed by atoms with Gasteiger partial charge in [0.1, 0.15) is 10.5 Å². The van der Waals surface area contributed by atoms with E-state index >= 15 is 0 Å². The third-order valence-electron chi connectivity index (χ3n) is 3.59. The van der Waals surface area contributed by atoms with Crippen molar-refractivity contribution < 1.29 is 26.4 Å². The van der Waals surface area contributed by atoms with Crippen molar-refractivity contribution in [2.45, 2.75) is 19.4 Å². The van der Waals surface area contributed by atoms with E-state index in [9.17, 15) is 22.0 Å².